The second kappa shape index (κ2) is 6.83. The summed E-state index contributed by atoms with van der Waals surface area (Å²) in [7, 11) is 0. The summed E-state index contributed by atoms with van der Waals surface area (Å²) in [6.07, 6.45) is 1.56. The van der Waals surface area contributed by atoms with Crippen molar-refractivity contribution in [1.82, 2.24) is 9.88 Å². The van der Waals surface area contributed by atoms with Crippen molar-refractivity contribution >= 4 is 22.7 Å². The molecular weight excluding hydrogens is 346 g/mol. The molecule has 1 fully saturated rings. The van der Waals surface area contributed by atoms with Gasteiger partial charge in [-0.2, -0.15) is 0 Å². The van der Waals surface area contributed by atoms with Gasteiger partial charge in [-0.15, -0.1) is 0 Å². The summed E-state index contributed by atoms with van der Waals surface area (Å²) >= 11 is 0. The maximum atomic E-state index is 12.7. The third-order valence-corrected chi connectivity index (χ3v) is 5.08. The van der Waals surface area contributed by atoms with E-state index in [9.17, 15) is 14.9 Å². The molecule has 0 atom stereocenters. The predicted octanol–water partition coefficient (Wildman–Crippen LogP) is 4.06. The molecule has 2 aromatic carbocycles. The first-order valence-electron chi connectivity index (χ1n) is 8.92. The van der Waals surface area contributed by atoms with Crippen LogP contribution in [-0.2, 0) is 0 Å². The maximum absolute atomic E-state index is 12.7. The van der Waals surface area contributed by atoms with Crippen molar-refractivity contribution in [1.29, 1.82) is 0 Å². The minimum atomic E-state index is -0.435. The maximum Gasteiger partial charge on any atom is 0.272 e. The lowest BCUT2D eigenvalue weighted by molar-refractivity contribution is -0.385. The molecule has 1 aliphatic heterocycles. The van der Waals surface area contributed by atoms with Crippen molar-refractivity contribution in [3.8, 4) is 0 Å². The van der Waals surface area contributed by atoms with E-state index in [1.54, 1.807) is 17.9 Å². The minimum Gasteiger partial charge on any atom is -0.440 e. The smallest absolute Gasteiger partial charge is 0.272 e. The summed E-state index contributed by atoms with van der Waals surface area (Å²) in [4.78, 5) is 29.6. The van der Waals surface area contributed by atoms with Crippen LogP contribution in [-0.4, -0.2) is 33.8 Å². The zero-order valence-electron chi connectivity index (χ0n) is 14.9. The van der Waals surface area contributed by atoms with E-state index < -0.39 is 4.92 Å². The number of rotatable bonds is 3. The summed E-state index contributed by atoms with van der Waals surface area (Å²) in [6, 6.07) is 12.2. The fraction of sp³-hybridized carbons (Fsp3) is 0.300. The Balaban J connectivity index is 1.45. The molecule has 2 heterocycles. The van der Waals surface area contributed by atoms with Crippen molar-refractivity contribution in [2.75, 3.05) is 13.1 Å². The highest BCUT2D eigenvalue weighted by molar-refractivity contribution is 5.94. The SMILES string of the molecule is Cc1cc(C(=O)N2CCC(c3nc4ccccc4o3)CC2)ccc1[N+](=O)[O-]. The molecule has 1 amide bonds. The van der Waals surface area contributed by atoms with E-state index >= 15 is 0 Å². The Bertz CT molecular complexity index is 986. The van der Waals surface area contributed by atoms with Gasteiger partial charge in [0.2, 0.25) is 0 Å². The molecule has 138 valence electrons. The second-order valence-corrected chi connectivity index (χ2v) is 6.84. The molecule has 0 aliphatic carbocycles. The molecule has 0 unspecified atom stereocenters. The number of aryl methyl sites for hydroxylation is 1. The van der Waals surface area contributed by atoms with Crippen molar-refractivity contribution in [2.24, 2.45) is 0 Å². The zero-order chi connectivity index (χ0) is 19.0. The van der Waals surface area contributed by atoms with Gasteiger partial charge >= 0.3 is 0 Å². The van der Waals surface area contributed by atoms with Crippen LogP contribution in [0.25, 0.3) is 11.1 Å². The molecule has 0 saturated carbocycles. The van der Waals surface area contributed by atoms with Gasteiger partial charge in [-0.25, -0.2) is 4.98 Å². The Morgan fingerprint density at radius 1 is 1.22 bits per heavy atom. The molecular formula is C20H19N3O4. The summed E-state index contributed by atoms with van der Waals surface area (Å²) in [5, 5.41) is 10.9. The van der Waals surface area contributed by atoms with Crippen molar-refractivity contribution < 1.29 is 14.1 Å². The molecule has 0 N–H and O–H groups in total. The van der Waals surface area contributed by atoms with Gasteiger partial charge in [-0.3, -0.25) is 14.9 Å². The van der Waals surface area contributed by atoms with Gasteiger partial charge < -0.3 is 9.32 Å². The normalized spacial score (nSPS) is 15.2. The van der Waals surface area contributed by atoms with Gasteiger partial charge in [0.1, 0.15) is 5.52 Å². The number of hydrogen-bond donors (Lipinski definition) is 0. The Morgan fingerprint density at radius 2 is 1.96 bits per heavy atom. The van der Waals surface area contributed by atoms with Crippen LogP contribution in [0.4, 0.5) is 5.69 Å². The highest BCUT2D eigenvalue weighted by Gasteiger charge is 2.28. The van der Waals surface area contributed by atoms with Gasteiger partial charge in [-0.05, 0) is 44.0 Å². The van der Waals surface area contributed by atoms with Crippen LogP contribution in [0.3, 0.4) is 0 Å². The standard InChI is InChI=1S/C20H19N3O4/c1-13-12-15(6-7-17(13)23(25)26)20(24)22-10-8-14(9-11-22)19-21-16-4-2-3-5-18(16)27-19/h2-7,12,14H,8-11H2,1H3. The number of piperidine rings is 1. The van der Waals surface area contributed by atoms with Crippen LogP contribution in [0.5, 0.6) is 0 Å². The lowest BCUT2D eigenvalue weighted by Crippen LogP contribution is -2.38. The summed E-state index contributed by atoms with van der Waals surface area (Å²) in [6.45, 7) is 2.87. The largest absolute Gasteiger partial charge is 0.440 e. The number of nitro benzene ring substituents is 1. The summed E-state index contributed by atoms with van der Waals surface area (Å²) < 4.78 is 5.86. The van der Waals surface area contributed by atoms with Crippen LogP contribution < -0.4 is 0 Å². The molecule has 4 rings (SSSR count). The molecule has 0 bridgehead atoms. The summed E-state index contributed by atoms with van der Waals surface area (Å²) in [5.74, 6) is 0.832. The third-order valence-electron chi connectivity index (χ3n) is 5.08. The molecule has 27 heavy (non-hydrogen) atoms. The number of carbonyl (C=O) groups is 1. The number of carbonyl (C=O) groups excluding carboxylic acids is 1. The van der Waals surface area contributed by atoms with E-state index in [1.165, 1.54) is 12.1 Å². The minimum absolute atomic E-state index is 0.0289. The van der Waals surface area contributed by atoms with E-state index in [1.807, 2.05) is 24.3 Å². The molecule has 7 heteroatoms. The highest BCUT2D eigenvalue weighted by Crippen LogP contribution is 2.30. The average Bonchev–Trinajstić information content (AvgIpc) is 3.11. The van der Waals surface area contributed by atoms with Crippen LogP contribution in [0.1, 0.15) is 40.6 Å². The molecule has 3 aromatic rings. The number of para-hydroxylation sites is 2. The van der Waals surface area contributed by atoms with E-state index in [2.05, 4.69) is 4.98 Å². The third kappa shape index (κ3) is 3.28. The number of fused-ring (bicyclic) bond motifs is 1. The summed E-state index contributed by atoms with van der Waals surface area (Å²) in [5.41, 5.74) is 2.64. The number of likely N-dealkylation sites (tertiary alicyclic amines) is 1. The van der Waals surface area contributed by atoms with Gasteiger partial charge in [-0.1, -0.05) is 12.1 Å². The van der Waals surface area contributed by atoms with Crippen molar-refractivity contribution in [3.05, 3.63) is 69.6 Å². The fourth-order valence-electron chi connectivity index (χ4n) is 3.57. The fourth-order valence-corrected chi connectivity index (χ4v) is 3.57. The number of nitrogens with zero attached hydrogens (tertiary/aromatic N) is 3. The van der Waals surface area contributed by atoms with Crippen LogP contribution in [0.15, 0.2) is 46.9 Å². The molecule has 0 radical (unpaired) electrons. The topological polar surface area (TPSA) is 89.5 Å². The first-order chi connectivity index (χ1) is 13.0. The van der Waals surface area contributed by atoms with Crippen molar-refractivity contribution in [2.45, 2.75) is 25.7 Å². The number of oxazole rings is 1. The van der Waals surface area contributed by atoms with Crippen LogP contribution in [0, 0.1) is 17.0 Å². The van der Waals surface area contributed by atoms with Crippen molar-refractivity contribution in [3.63, 3.8) is 0 Å². The number of amides is 1. The first-order valence-corrected chi connectivity index (χ1v) is 8.92. The Morgan fingerprint density at radius 3 is 2.63 bits per heavy atom. The number of nitro groups is 1. The number of hydrogen-bond acceptors (Lipinski definition) is 5. The zero-order valence-corrected chi connectivity index (χ0v) is 14.9. The van der Waals surface area contributed by atoms with Gasteiger partial charge in [0.25, 0.3) is 11.6 Å². The van der Waals surface area contributed by atoms with E-state index in [0.29, 0.717) is 24.2 Å². The van der Waals surface area contributed by atoms with Gasteiger partial charge in [0.05, 0.1) is 4.92 Å². The molecule has 0 spiro atoms. The average molecular weight is 365 g/mol. The number of aromatic nitrogens is 1. The predicted molar refractivity (Wildman–Crippen MR) is 99.7 cm³/mol. The van der Waals surface area contributed by atoms with E-state index in [4.69, 9.17) is 4.42 Å². The second-order valence-electron chi connectivity index (χ2n) is 6.84. The monoisotopic (exact) mass is 365 g/mol. The Kier molecular flexibility index (Phi) is 4.35. The van der Waals surface area contributed by atoms with E-state index in [-0.39, 0.29) is 17.5 Å². The van der Waals surface area contributed by atoms with E-state index in [0.717, 1.165) is 29.8 Å². The van der Waals surface area contributed by atoms with Gasteiger partial charge in [0.15, 0.2) is 11.5 Å². The Hall–Kier alpha value is -3.22. The quantitative estimate of drug-likeness (QED) is 0.516. The molecule has 1 aliphatic rings. The Labute approximate surface area is 155 Å². The number of benzene rings is 2. The lowest BCUT2D eigenvalue weighted by Gasteiger charge is -2.30. The molecule has 1 saturated heterocycles. The van der Waals surface area contributed by atoms with Gasteiger partial charge in [0, 0.05) is 36.2 Å². The molecule has 1 aromatic heterocycles. The lowest BCUT2D eigenvalue weighted by atomic mass is 9.96. The van der Waals surface area contributed by atoms with Crippen LogP contribution in [0.2, 0.25) is 0 Å². The van der Waals surface area contributed by atoms with Crippen LogP contribution >= 0.6 is 0 Å². The first kappa shape index (κ1) is 17.2. The highest BCUT2D eigenvalue weighted by atomic mass is 16.6. The molecule has 7 nitrogen and oxygen atoms in total.